The van der Waals surface area contributed by atoms with Crippen molar-refractivity contribution >= 4 is 11.8 Å². The molecule has 4 heteroatoms. The summed E-state index contributed by atoms with van der Waals surface area (Å²) in [6.45, 7) is 6.39. The van der Waals surface area contributed by atoms with Gasteiger partial charge in [-0.1, -0.05) is 18.2 Å². The number of rotatable bonds is 1. The summed E-state index contributed by atoms with van der Waals surface area (Å²) in [5, 5.41) is 1.87. The number of hydrogen-bond acceptors (Lipinski definition) is 3. The molecule has 98 valence electrons. The molecule has 0 saturated heterocycles. The van der Waals surface area contributed by atoms with Crippen molar-refractivity contribution in [3.05, 3.63) is 29.8 Å². The van der Waals surface area contributed by atoms with Gasteiger partial charge in [0.2, 0.25) is 0 Å². The molecule has 2 rings (SSSR count). The minimum atomic E-state index is -0.473. The van der Waals surface area contributed by atoms with Gasteiger partial charge in [0.05, 0.1) is 5.69 Å². The van der Waals surface area contributed by atoms with Crippen LogP contribution in [0.1, 0.15) is 32.8 Å². The first-order valence-electron chi connectivity index (χ1n) is 6.31. The fraction of sp³-hybridized carbons (Fsp3) is 0.500. The lowest BCUT2D eigenvalue weighted by Gasteiger charge is -2.32. The van der Waals surface area contributed by atoms with E-state index in [-0.39, 0.29) is 0 Å². The number of benzene rings is 1. The van der Waals surface area contributed by atoms with Gasteiger partial charge in [-0.25, -0.2) is 10.2 Å². The molecule has 0 atom stereocenters. The molecule has 0 saturated carbocycles. The van der Waals surface area contributed by atoms with Gasteiger partial charge in [0.15, 0.2) is 0 Å². The summed E-state index contributed by atoms with van der Waals surface area (Å²) in [6.07, 6.45) is 1.69. The molecule has 1 aromatic rings. The topological polar surface area (TPSA) is 41.6 Å². The number of para-hydroxylation sites is 1. The highest BCUT2D eigenvalue weighted by Gasteiger charge is 2.21. The van der Waals surface area contributed by atoms with Crippen molar-refractivity contribution in [3.63, 3.8) is 0 Å². The van der Waals surface area contributed by atoms with Crippen LogP contribution in [-0.2, 0) is 11.2 Å². The first-order chi connectivity index (χ1) is 8.46. The molecule has 0 aliphatic carbocycles. The molecule has 1 aliphatic heterocycles. The van der Waals surface area contributed by atoms with Gasteiger partial charge in [0.25, 0.3) is 0 Å². The van der Waals surface area contributed by atoms with Crippen LogP contribution in [0.5, 0.6) is 0 Å². The molecule has 0 spiro atoms. The van der Waals surface area contributed by atoms with E-state index in [1.165, 1.54) is 5.56 Å². The Morgan fingerprint density at radius 1 is 1.33 bits per heavy atom. The standard InChI is InChI=1S/C14H20N2O2/c1-14(2,3)18-13(17)15-16-10-6-8-11-7-4-5-9-12(11)16/h4-5,7,9H,6,8,10H2,1-3H3,(H,15,17). The van der Waals surface area contributed by atoms with Gasteiger partial charge in [0.1, 0.15) is 5.60 Å². The molecule has 1 amide bonds. The molecular formula is C14H20N2O2. The Labute approximate surface area is 108 Å². The number of fused-ring (bicyclic) bond motifs is 1. The minimum Gasteiger partial charge on any atom is -0.443 e. The summed E-state index contributed by atoms with van der Waals surface area (Å²) in [5.74, 6) is 0. The van der Waals surface area contributed by atoms with Crippen molar-refractivity contribution in [2.75, 3.05) is 11.6 Å². The number of aryl methyl sites for hydroxylation is 1. The Hall–Kier alpha value is -1.71. The number of carbonyl (C=O) groups is 1. The Morgan fingerprint density at radius 2 is 2.06 bits per heavy atom. The molecule has 1 aliphatic rings. The van der Waals surface area contributed by atoms with Crippen LogP contribution in [0.4, 0.5) is 10.5 Å². The maximum atomic E-state index is 11.8. The van der Waals surface area contributed by atoms with Crippen molar-refractivity contribution in [1.29, 1.82) is 0 Å². The summed E-state index contributed by atoms with van der Waals surface area (Å²) in [6, 6.07) is 8.12. The number of amides is 1. The van der Waals surface area contributed by atoms with Gasteiger partial charge in [-0.2, -0.15) is 0 Å². The smallest absolute Gasteiger partial charge is 0.426 e. The lowest BCUT2D eigenvalue weighted by Crippen LogP contribution is -2.47. The molecule has 18 heavy (non-hydrogen) atoms. The summed E-state index contributed by atoms with van der Waals surface area (Å²) < 4.78 is 5.26. The Kier molecular flexibility index (Phi) is 3.45. The lowest BCUT2D eigenvalue weighted by molar-refractivity contribution is 0.0520. The van der Waals surface area contributed by atoms with E-state index in [4.69, 9.17) is 4.74 Å². The van der Waals surface area contributed by atoms with Crippen molar-refractivity contribution in [2.45, 2.75) is 39.2 Å². The van der Waals surface area contributed by atoms with E-state index in [2.05, 4.69) is 11.5 Å². The SMILES string of the molecule is CC(C)(C)OC(=O)NN1CCCc2ccccc21. The molecule has 4 nitrogen and oxygen atoms in total. The van der Waals surface area contributed by atoms with Crippen molar-refractivity contribution < 1.29 is 9.53 Å². The van der Waals surface area contributed by atoms with E-state index in [0.29, 0.717) is 0 Å². The average molecular weight is 248 g/mol. The second kappa shape index (κ2) is 4.88. The van der Waals surface area contributed by atoms with Gasteiger partial charge in [-0.15, -0.1) is 0 Å². The van der Waals surface area contributed by atoms with Crippen LogP contribution >= 0.6 is 0 Å². The normalized spacial score (nSPS) is 14.9. The molecule has 1 heterocycles. The second-order valence-corrected chi connectivity index (χ2v) is 5.50. The first kappa shape index (κ1) is 12.7. The van der Waals surface area contributed by atoms with E-state index in [1.807, 2.05) is 44.0 Å². The number of hydrazine groups is 1. The lowest BCUT2D eigenvalue weighted by atomic mass is 10.0. The Morgan fingerprint density at radius 3 is 2.78 bits per heavy atom. The Balaban J connectivity index is 2.05. The highest BCUT2D eigenvalue weighted by atomic mass is 16.6. The van der Waals surface area contributed by atoms with E-state index < -0.39 is 11.7 Å². The number of carbonyl (C=O) groups excluding carboxylic acids is 1. The molecule has 0 unspecified atom stereocenters. The first-order valence-corrected chi connectivity index (χ1v) is 6.31. The summed E-state index contributed by atoms with van der Waals surface area (Å²) in [4.78, 5) is 11.8. The van der Waals surface area contributed by atoms with Gasteiger partial charge >= 0.3 is 6.09 Å². The zero-order chi connectivity index (χ0) is 13.2. The van der Waals surface area contributed by atoms with Crippen molar-refractivity contribution in [2.24, 2.45) is 0 Å². The summed E-state index contributed by atoms with van der Waals surface area (Å²) >= 11 is 0. The zero-order valence-corrected chi connectivity index (χ0v) is 11.2. The minimum absolute atomic E-state index is 0.404. The van der Waals surface area contributed by atoms with Gasteiger partial charge in [-0.05, 0) is 45.2 Å². The van der Waals surface area contributed by atoms with Crippen molar-refractivity contribution in [3.8, 4) is 0 Å². The number of nitrogens with one attached hydrogen (secondary N) is 1. The van der Waals surface area contributed by atoms with Crippen molar-refractivity contribution in [1.82, 2.24) is 5.43 Å². The van der Waals surface area contributed by atoms with Crippen LogP contribution in [0.2, 0.25) is 0 Å². The maximum absolute atomic E-state index is 11.8. The predicted molar refractivity (Wildman–Crippen MR) is 71.5 cm³/mol. The summed E-state index contributed by atoms with van der Waals surface area (Å²) in [5.41, 5.74) is 4.66. The fourth-order valence-corrected chi connectivity index (χ4v) is 2.06. The Bertz CT molecular complexity index is 438. The maximum Gasteiger partial charge on any atom is 0.426 e. The number of nitrogens with zero attached hydrogens (tertiary/aromatic N) is 1. The average Bonchev–Trinajstić information content (AvgIpc) is 2.27. The quantitative estimate of drug-likeness (QED) is 0.831. The van der Waals surface area contributed by atoms with Gasteiger partial charge < -0.3 is 4.74 Å². The number of ether oxygens (including phenoxy) is 1. The molecule has 0 radical (unpaired) electrons. The van der Waals surface area contributed by atoms with Crippen LogP contribution in [0.15, 0.2) is 24.3 Å². The van der Waals surface area contributed by atoms with E-state index in [0.717, 1.165) is 25.1 Å². The highest BCUT2D eigenvalue weighted by Crippen LogP contribution is 2.25. The second-order valence-electron chi connectivity index (χ2n) is 5.50. The van der Waals surface area contributed by atoms with Crippen LogP contribution in [0.3, 0.4) is 0 Å². The third kappa shape index (κ3) is 3.15. The third-order valence-electron chi connectivity index (χ3n) is 2.74. The van der Waals surface area contributed by atoms with Crippen LogP contribution < -0.4 is 10.4 Å². The molecule has 1 N–H and O–H groups in total. The highest BCUT2D eigenvalue weighted by molar-refractivity contribution is 5.71. The van der Waals surface area contributed by atoms with E-state index in [9.17, 15) is 4.79 Å². The van der Waals surface area contributed by atoms with Crippen LogP contribution in [0.25, 0.3) is 0 Å². The molecule has 0 fully saturated rings. The monoisotopic (exact) mass is 248 g/mol. The van der Waals surface area contributed by atoms with Crippen LogP contribution in [0, 0.1) is 0 Å². The molecule has 0 bridgehead atoms. The summed E-state index contributed by atoms with van der Waals surface area (Å²) in [7, 11) is 0. The largest absolute Gasteiger partial charge is 0.443 e. The number of anilines is 1. The van der Waals surface area contributed by atoms with E-state index >= 15 is 0 Å². The fourth-order valence-electron chi connectivity index (χ4n) is 2.06. The molecule has 0 aromatic heterocycles. The van der Waals surface area contributed by atoms with Crippen LogP contribution in [-0.4, -0.2) is 18.2 Å². The van der Waals surface area contributed by atoms with Gasteiger partial charge in [-0.3, -0.25) is 5.01 Å². The van der Waals surface area contributed by atoms with Gasteiger partial charge in [0, 0.05) is 6.54 Å². The predicted octanol–water partition coefficient (Wildman–Crippen LogP) is 2.88. The number of hydrogen-bond donors (Lipinski definition) is 1. The molecule has 1 aromatic carbocycles. The zero-order valence-electron chi connectivity index (χ0n) is 11.2. The molecular weight excluding hydrogens is 228 g/mol. The van der Waals surface area contributed by atoms with E-state index in [1.54, 1.807) is 0 Å². The third-order valence-corrected chi connectivity index (χ3v) is 2.74.